The van der Waals surface area contributed by atoms with Crippen molar-refractivity contribution in [3.05, 3.63) is 59.7 Å². The molecule has 3 N–H and O–H groups in total. The molecular formula is C20H23N3O2. The van der Waals surface area contributed by atoms with Gasteiger partial charge in [-0.25, -0.2) is 0 Å². The van der Waals surface area contributed by atoms with Crippen LogP contribution in [0, 0.1) is 0 Å². The minimum Gasteiger partial charge on any atom is -0.399 e. The van der Waals surface area contributed by atoms with Gasteiger partial charge in [-0.1, -0.05) is 30.3 Å². The zero-order chi connectivity index (χ0) is 17.6. The number of carbonyl (C=O) groups excluding carboxylic acids is 2. The lowest BCUT2D eigenvalue weighted by atomic mass is 10.1. The molecule has 1 aliphatic heterocycles. The number of nitrogens with zero attached hydrogens (tertiary/aromatic N) is 1. The van der Waals surface area contributed by atoms with Crippen molar-refractivity contribution in [2.24, 2.45) is 0 Å². The van der Waals surface area contributed by atoms with E-state index in [2.05, 4.69) is 11.4 Å². The SMILES string of the molecule is Nc1ccc(CC(=O)NCCCC(=O)N2CCc3ccccc32)cc1. The molecule has 5 nitrogen and oxygen atoms in total. The number of rotatable bonds is 6. The van der Waals surface area contributed by atoms with Gasteiger partial charge in [-0.15, -0.1) is 0 Å². The van der Waals surface area contributed by atoms with Crippen LogP contribution >= 0.6 is 0 Å². The summed E-state index contributed by atoms with van der Waals surface area (Å²) >= 11 is 0. The fourth-order valence-electron chi connectivity index (χ4n) is 3.08. The Bertz CT molecular complexity index is 756. The lowest BCUT2D eigenvalue weighted by Crippen LogP contribution is -2.31. The van der Waals surface area contributed by atoms with E-state index in [1.165, 1.54) is 5.56 Å². The van der Waals surface area contributed by atoms with Gasteiger partial charge >= 0.3 is 0 Å². The normalized spacial score (nSPS) is 12.7. The van der Waals surface area contributed by atoms with Crippen LogP contribution in [-0.4, -0.2) is 24.9 Å². The predicted molar refractivity (Wildman–Crippen MR) is 99.3 cm³/mol. The largest absolute Gasteiger partial charge is 0.399 e. The summed E-state index contributed by atoms with van der Waals surface area (Å²) in [6.45, 7) is 1.26. The van der Waals surface area contributed by atoms with Crippen LogP contribution in [0.3, 0.4) is 0 Å². The molecular weight excluding hydrogens is 314 g/mol. The maximum absolute atomic E-state index is 12.4. The van der Waals surface area contributed by atoms with Crippen LogP contribution in [0.25, 0.3) is 0 Å². The molecule has 2 aromatic rings. The van der Waals surface area contributed by atoms with Crippen molar-refractivity contribution in [2.75, 3.05) is 23.7 Å². The Morgan fingerprint density at radius 1 is 1.08 bits per heavy atom. The van der Waals surface area contributed by atoms with E-state index in [0.29, 0.717) is 31.5 Å². The molecule has 0 unspecified atom stereocenters. The third kappa shape index (κ3) is 4.38. The predicted octanol–water partition coefficient (Wildman–Crippen LogP) is 2.30. The smallest absolute Gasteiger partial charge is 0.227 e. The Morgan fingerprint density at radius 3 is 2.64 bits per heavy atom. The van der Waals surface area contributed by atoms with Gasteiger partial charge in [-0.05, 0) is 42.2 Å². The molecule has 5 heteroatoms. The van der Waals surface area contributed by atoms with Crippen LogP contribution in [0.4, 0.5) is 11.4 Å². The number of para-hydroxylation sites is 1. The highest BCUT2D eigenvalue weighted by Gasteiger charge is 2.23. The number of nitrogens with one attached hydrogen (secondary N) is 1. The van der Waals surface area contributed by atoms with E-state index in [-0.39, 0.29) is 11.8 Å². The van der Waals surface area contributed by atoms with E-state index in [1.54, 1.807) is 12.1 Å². The van der Waals surface area contributed by atoms with Crippen molar-refractivity contribution >= 4 is 23.2 Å². The maximum atomic E-state index is 12.4. The summed E-state index contributed by atoms with van der Waals surface area (Å²) in [6, 6.07) is 15.3. The molecule has 0 saturated carbocycles. The minimum atomic E-state index is -0.0382. The first-order chi connectivity index (χ1) is 12.1. The molecule has 1 aliphatic rings. The van der Waals surface area contributed by atoms with Gasteiger partial charge in [0.1, 0.15) is 0 Å². The van der Waals surface area contributed by atoms with Crippen molar-refractivity contribution in [3.63, 3.8) is 0 Å². The first-order valence-electron chi connectivity index (χ1n) is 8.63. The van der Waals surface area contributed by atoms with Crippen molar-refractivity contribution in [1.29, 1.82) is 0 Å². The van der Waals surface area contributed by atoms with Crippen molar-refractivity contribution in [2.45, 2.75) is 25.7 Å². The number of nitrogen functional groups attached to an aromatic ring is 1. The van der Waals surface area contributed by atoms with Gasteiger partial charge in [-0.2, -0.15) is 0 Å². The van der Waals surface area contributed by atoms with Crippen LogP contribution in [0.1, 0.15) is 24.0 Å². The second kappa shape index (κ2) is 7.83. The molecule has 0 aromatic heterocycles. The standard InChI is InChI=1S/C20H23N3O2/c21-17-9-7-15(8-10-17)14-19(24)22-12-3-6-20(25)23-13-11-16-4-1-2-5-18(16)23/h1-2,4-5,7-10H,3,6,11-14,21H2,(H,22,24). The van der Waals surface area contributed by atoms with Gasteiger partial charge in [-0.3, -0.25) is 9.59 Å². The Labute approximate surface area is 147 Å². The monoisotopic (exact) mass is 337 g/mol. The van der Waals surface area contributed by atoms with Gasteiger partial charge in [0.25, 0.3) is 0 Å². The minimum absolute atomic E-state index is 0.0382. The number of carbonyl (C=O) groups is 2. The highest BCUT2D eigenvalue weighted by Crippen LogP contribution is 2.27. The quantitative estimate of drug-likeness (QED) is 0.627. The first kappa shape index (κ1) is 17.0. The van der Waals surface area contributed by atoms with Gasteiger partial charge in [0.15, 0.2) is 0 Å². The highest BCUT2D eigenvalue weighted by molar-refractivity contribution is 5.95. The lowest BCUT2D eigenvalue weighted by molar-refractivity contribution is -0.121. The topological polar surface area (TPSA) is 75.4 Å². The molecule has 0 saturated heterocycles. The van der Waals surface area contributed by atoms with Crippen molar-refractivity contribution in [1.82, 2.24) is 5.32 Å². The number of hydrogen-bond acceptors (Lipinski definition) is 3. The van der Waals surface area contributed by atoms with E-state index in [4.69, 9.17) is 5.73 Å². The maximum Gasteiger partial charge on any atom is 0.227 e. The molecule has 0 aliphatic carbocycles. The summed E-state index contributed by atoms with van der Waals surface area (Å²) < 4.78 is 0. The Morgan fingerprint density at radius 2 is 1.84 bits per heavy atom. The summed E-state index contributed by atoms with van der Waals surface area (Å²) in [5.41, 5.74) is 9.50. The van der Waals surface area contributed by atoms with Gasteiger partial charge in [0.2, 0.25) is 11.8 Å². The molecule has 0 radical (unpaired) electrons. The van der Waals surface area contributed by atoms with Crippen LogP contribution in [0.2, 0.25) is 0 Å². The summed E-state index contributed by atoms with van der Waals surface area (Å²) in [6.07, 6.45) is 2.33. The second-order valence-corrected chi connectivity index (χ2v) is 6.30. The summed E-state index contributed by atoms with van der Waals surface area (Å²) in [5.74, 6) is 0.0847. The number of anilines is 2. The number of benzene rings is 2. The van der Waals surface area contributed by atoms with Crippen LogP contribution in [-0.2, 0) is 22.4 Å². The number of fused-ring (bicyclic) bond motifs is 1. The summed E-state index contributed by atoms with van der Waals surface area (Å²) in [5, 5.41) is 2.87. The molecule has 2 aromatic carbocycles. The highest BCUT2D eigenvalue weighted by atomic mass is 16.2. The lowest BCUT2D eigenvalue weighted by Gasteiger charge is -2.17. The van der Waals surface area contributed by atoms with Gasteiger partial charge in [0.05, 0.1) is 6.42 Å². The molecule has 0 bridgehead atoms. The van der Waals surface area contributed by atoms with E-state index < -0.39 is 0 Å². The molecule has 0 atom stereocenters. The van der Waals surface area contributed by atoms with Crippen molar-refractivity contribution in [3.8, 4) is 0 Å². The van der Waals surface area contributed by atoms with E-state index in [0.717, 1.165) is 24.2 Å². The summed E-state index contributed by atoms with van der Waals surface area (Å²) in [7, 11) is 0. The van der Waals surface area contributed by atoms with Crippen LogP contribution in [0.5, 0.6) is 0 Å². The van der Waals surface area contributed by atoms with Crippen LogP contribution < -0.4 is 16.0 Å². The third-order valence-corrected chi connectivity index (χ3v) is 4.42. The fourth-order valence-corrected chi connectivity index (χ4v) is 3.08. The number of amides is 2. The molecule has 1 heterocycles. The number of nitrogens with two attached hydrogens (primary N) is 1. The molecule has 2 amide bonds. The van der Waals surface area contributed by atoms with Gasteiger partial charge < -0.3 is 16.0 Å². The molecule has 0 spiro atoms. The molecule has 25 heavy (non-hydrogen) atoms. The van der Waals surface area contributed by atoms with Crippen molar-refractivity contribution < 1.29 is 9.59 Å². The Kier molecular flexibility index (Phi) is 5.33. The van der Waals surface area contributed by atoms with Gasteiger partial charge in [0, 0.05) is 30.9 Å². The average Bonchev–Trinajstić information content (AvgIpc) is 3.05. The summed E-state index contributed by atoms with van der Waals surface area (Å²) in [4.78, 5) is 26.2. The number of hydrogen-bond donors (Lipinski definition) is 2. The van der Waals surface area contributed by atoms with E-state index >= 15 is 0 Å². The average molecular weight is 337 g/mol. The molecule has 130 valence electrons. The zero-order valence-corrected chi connectivity index (χ0v) is 14.2. The first-order valence-corrected chi connectivity index (χ1v) is 8.63. The Balaban J connectivity index is 1.39. The van der Waals surface area contributed by atoms with E-state index in [9.17, 15) is 9.59 Å². The third-order valence-electron chi connectivity index (χ3n) is 4.42. The molecule has 0 fully saturated rings. The zero-order valence-electron chi connectivity index (χ0n) is 14.2. The second-order valence-electron chi connectivity index (χ2n) is 6.30. The fraction of sp³-hybridized carbons (Fsp3) is 0.300. The van der Waals surface area contributed by atoms with Crippen LogP contribution in [0.15, 0.2) is 48.5 Å². The van der Waals surface area contributed by atoms with E-state index in [1.807, 2.05) is 35.2 Å². The Hall–Kier alpha value is -2.82. The molecule has 3 rings (SSSR count).